The van der Waals surface area contributed by atoms with E-state index in [2.05, 4.69) is 19.2 Å². The zero-order valence-corrected chi connectivity index (χ0v) is 13.8. The Morgan fingerprint density at radius 3 is 2.52 bits per heavy atom. The standard InChI is InChI=1S/C15H26N2O3S/c1-11(2)9-13-16-15(6-3-4-7-15)14(18)17(13)12-5-8-21(19,20)10-12/h11-13,16H,3-10H2,1-2H3. The molecule has 0 radical (unpaired) electrons. The third-order valence-electron chi connectivity index (χ3n) is 5.18. The lowest BCUT2D eigenvalue weighted by atomic mass is 9.97. The van der Waals surface area contributed by atoms with Gasteiger partial charge in [-0.1, -0.05) is 26.7 Å². The summed E-state index contributed by atoms with van der Waals surface area (Å²) in [6.45, 7) is 4.30. The Labute approximate surface area is 127 Å². The van der Waals surface area contributed by atoms with E-state index in [4.69, 9.17) is 0 Å². The van der Waals surface area contributed by atoms with Crippen LogP contribution in [0.2, 0.25) is 0 Å². The largest absolute Gasteiger partial charge is 0.321 e. The lowest BCUT2D eigenvalue weighted by molar-refractivity contribution is -0.135. The van der Waals surface area contributed by atoms with Gasteiger partial charge in [-0.2, -0.15) is 0 Å². The second-order valence-corrected chi connectivity index (χ2v) is 9.58. The highest BCUT2D eigenvalue weighted by molar-refractivity contribution is 7.91. The number of hydrogen-bond acceptors (Lipinski definition) is 4. The lowest BCUT2D eigenvalue weighted by Gasteiger charge is -2.30. The summed E-state index contributed by atoms with van der Waals surface area (Å²) in [5.41, 5.74) is -0.397. The van der Waals surface area contributed by atoms with Crippen LogP contribution in [0, 0.1) is 5.92 Å². The predicted molar refractivity (Wildman–Crippen MR) is 81.5 cm³/mol. The van der Waals surface area contributed by atoms with E-state index in [-0.39, 0.29) is 29.6 Å². The molecule has 0 aromatic rings. The van der Waals surface area contributed by atoms with Gasteiger partial charge in [-0.3, -0.25) is 10.1 Å². The summed E-state index contributed by atoms with van der Waals surface area (Å²) < 4.78 is 23.6. The normalized spacial score (nSPS) is 34.4. The van der Waals surface area contributed by atoms with Crippen molar-refractivity contribution in [2.75, 3.05) is 11.5 Å². The molecule has 0 bridgehead atoms. The van der Waals surface area contributed by atoms with Crippen LogP contribution in [0.1, 0.15) is 52.4 Å². The summed E-state index contributed by atoms with van der Waals surface area (Å²) in [6, 6.07) is -0.126. The molecule has 120 valence electrons. The minimum absolute atomic E-state index is 0.00824. The summed E-state index contributed by atoms with van der Waals surface area (Å²) in [5.74, 6) is 1.01. The molecule has 3 aliphatic rings. The first kappa shape index (κ1) is 15.3. The third kappa shape index (κ3) is 2.72. The van der Waals surface area contributed by atoms with Gasteiger partial charge in [-0.05, 0) is 31.6 Å². The van der Waals surface area contributed by atoms with Crippen molar-refractivity contribution in [3.63, 3.8) is 0 Å². The first-order chi connectivity index (χ1) is 9.83. The number of amides is 1. The Bertz CT molecular complexity index is 523. The number of nitrogens with one attached hydrogen (secondary N) is 1. The molecule has 3 fully saturated rings. The molecule has 6 heteroatoms. The van der Waals surface area contributed by atoms with Crippen LogP contribution in [0.25, 0.3) is 0 Å². The zero-order valence-electron chi connectivity index (χ0n) is 13.0. The first-order valence-corrected chi connectivity index (χ1v) is 9.96. The van der Waals surface area contributed by atoms with Crippen LogP contribution >= 0.6 is 0 Å². The van der Waals surface area contributed by atoms with Crippen molar-refractivity contribution in [1.29, 1.82) is 0 Å². The van der Waals surface area contributed by atoms with Gasteiger partial charge in [0.15, 0.2) is 9.84 Å². The Balaban J connectivity index is 1.85. The maximum absolute atomic E-state index is 13.0. The topological polar surface area (TPSA) is 66.5 Å². The van der Waals surface area contributed by atoms with Gasteiger partial charge in [0, 0.05) is 6.04 Å². The maximum atomic E-state index is 13.0. The molecule has 1 saturated carbocycles. The molecular weight excluding hydrogens is 288 g/mol. The van der Waals surface area contributed by atoms with Crippen LogP contribution in [0.5, 0.6) is 0 Å². The SMILES string of the molecule is CC(C)CC1NC2(CCCC2)C(=O)N1C1CCS(=O)(=O)C1. The van der Waals surface area contributed by atoms with E-state index in [1.165, 1.54) is 0 Å². The molecule has 1 N–H and O–H groups in total. The van der Waals surface area contributed by atoms with Crippen molar-refractivity contribution in [2.24, 2.45) is 5.92 Å². The average molecular weight is 314 g/mol. The van der Waals surface area contributed by atoms with Crippen LogP contribution < -0.4 is 5.32 Å². The second-order valence-electron chi connectivity index (χ2n) is 7.35. The van der Waals surface area contributed by atoms with Gasteiger partial charge in [0.05, 0.1) is 23.2 Å². The summed E-state index contributed by atoms with van der Waals surface area (Å²) in [4.78, 5) is 14.9. The number of sulfone groups is 1. The quantitative estimate of drug-likeness (QED) is 0.852. The van der Waals surface area contributed by atoms with Crippen LogP contribution in [0.15, 0.2) is 0 Å². The smallest absolute Gasteiger partial charge is 0.244 e. The Morgan fingerprint density at radius 2 is 2.00 bits per heavy atom. The molecule has 2 aliphatic heterocycles. The molecule has 3 rings (SSSR count). The molecule has 0 aromatic carbocycles. The first-order valence-electron chi connectivity index (χ1n) is 8.14. The second kappa shape index (κ2) is 5.23. The minimum Gasteiger partial charge on any atom is -0.321 e. The molecule has 5 nitrogen and oxygen atoms in total. The molecule has 21 heavy (non-hydrogen) atoms. The van der Waals surface area contributed by atoms with Gasteiger partial charge in [0.1, 0.15) is 0 Å². The van der Waals surface area contributed by atoms with Gasteiger partial charge in [0.25, 0.3) is 0 Å². The van der Waals surface area contributed by atoms with E-state index < -0.39 is 15.4 Å². The van der Waals surface area contributed by atoms with E-state index >= 15 is 0 Å². The molecule has 2 unspecified atom stereocenters. The maximum Gasteiger partial charge on any atom is 0.244 e. The highest BCUT2D eigenvalue weighted by atomic mass is 32.2. The summed E-state index contributed by atoms with van der Waals surface area (Å²) in [6.07, 6.45) is 5.47. The van der Waals surface area contributed by atoms with Crippen LogP contribution in [0.4, 0.5) is 0 Å². The molecule has 2 heterocycles. The van der Waals surface area contributed by atoms with Crippen molar-refractivity contribution < 1.29 is 13.2 Å². The molecule has 2 saturated heterocycles. The minimum atomic E-state index is -2.96. The highest BCUT2D eigenvalue weighted by Crippen LogP contribution is 2.39. The fourth-order valence-electron chi connectivity index (χ4n) is 4.21. The van der Waals surface area contributed by atoms with E-state index in [9.17, 15) is 13.2 Å². The fraction of sp³-hybridized carbons (Fsp3) is 0.933. The van der Waals surface area contributed by atoms with E-state index in [0.29, 0.717) is 12.3 Å². The van der Waals surface area contributed by atoms with E-state index in [1.54, 1.807) is 0 Å². The van der Waals surface area contributed by atoms with Crippen molar-refractivity contribution in [1.82, 2.24) is 10.2 Å². The van der Waals surface area contributed by atoms with Gasteiger partial charge < -0.3 is 4.90 Å². The summed E-state index contributed by atoms with van der Waals surface area (Å²) >= 11 is 0. The van der Waals surface area contributed by atoms with Gasteiger partial charge in [-0.25, -0.2) is 8.42 Å². The third-order valence-corrected chi connectivity index (χ3v) is 6.93. The number of rotatable bonds is 3. The van der Waals surface area contributed by atoms with Gasteiger partial charge in [0.2, 0.25) is 5.91 Å². The van der Waals surface area contributed by atoms with Crippen LogP contribution in [-0.4, -0.2) is 48.5 Å². The van der Waals surface area contributed by atoms with E-state index in [1.807, 2.05) is 4.90 Å². The monoisotopic (exact) mass is 314 g/mol. The van der Waals surface area contributed by atoms with Gasteiger partial charge >= 0.3 is 0 Å². The van der Waals surface area contributed by atoms with Crippen molar-refractivity contribution in [3.8, 4) is 0 Å². The molecule has 1 amide bonds. The number of carbonyl (C=O) groups excluding carboxylic acids is 1. The number of nitrogens with zero attached hydrogens (tertiary/aromatic N) is 1. The number of hydrogen-bond donors (Lipinski definition) is 1. The Hall–Kier alpha value is -0.620. The predicted octanol–water partition coefficient (Wildman–Crippen LogP) is 1.29. The Morgan fingerprint density at radius 1 is 1.33 bits per heavy atom. The van der Waals surface area contributed by atoms with Gasteiger partial charge in [-0.15, -0.1) is 0 Å². The number of carbonyl (C=O) groups is 1. The van der Waals surface area contributed by atoms with Crippen molar-refractivity contribution in [2.45, 2.75) is 70.1 Å². The molecular formula is C15H26N2O3S. The Kier molecular flexibility index (Phi) is 3.81. The van der Waals surface area contributed by atoms with E-state index in [0.717, 1.165) is 32.1 Å². The highest BCUT2D eigenvalue weighted by Gasteiger charge is 2.55. The molecule has 1 aliphatic carbocycles. The lowest BCUT2D eigenvalue weighted by Crippen LogP contribution is -2.46. The summed E-state index contributed by atoms with van der Waals surface area (Å²) in [7, 11) is -2.96. The molecule has 0 aromatic heterocycles. The van der Waals surface area contributed by atoms with Crippen LogP contribution in [-0.2, 0) is 14.6 Å². The molecule has 1 spiro atoms. The average Bonchev–Trinajstić information content (AvgIpc) is 3.02. The zero-order chi connectivity index (χ0) is 15.3. The summed E-state index contributed by atoms with van der Waals surface area (Å²) in [5, 5.41) is 3.58. The van der Waals surface area contributed by atoms with Crippen molar-refractivity contribution in [3.05, 3.63) is 0 Å². The fourth-order valence-corrected chi connectivity index (χ4v) is 5.92. The van der Waals surface area contributed by atoms with Crippen molar-refractivity contribution >= 4 is 15.7 Å². The van der Waals surface area contributed by atoms with Crippen LogP contribution in [0.3, 0.4) is 0 Å². The molecule has 2 atom stereocenters.